The molecule has 6 heteroatoms. The van der Waals surface area contributed by atoms with Gasteiger partial charge < -0.3 is 10.6 Å². The Morgan fingerprint density at radius 1 is 1.22 bits per heavy atom. The minimum Gasteiger partial charge on any atom is -0.348 e. The molecule has 2 N–H and O–H groups in total. The zero-order valence-electron chi connectivity index (χ0n) is 13.0. The molecule has 2 unspecified atom stereocenters. The lowest BCUT2D eigenvalue weighted by Gasteiger charge is -2.21. The summed E-state index contributed by atoms with van der Waals surface area (Å²) >= 11 is 7.35. The van der Waals surface area contributed by atoms with Crippen molar-refractivity contribution in [2.45, 2.75) is 32.4 Å². The maximum atomic E-state index is 12.3. The number of amides is 2. The molecule has 0 aliphatic rings. The SMILES string of the molecule is CCC(NC(=O)C(C)NC(=O)c1cccs1)c1cccc(Cl)c1. The van der Waals surface area contributed by atoms with Crippen LogP contribution in [0.3, 0.4) is 0 Å². The van der Waals surface area contributed by atoms with Gasteiger partial charge in [0, 0.05) is 5.02 Å². The highest BCUT2D eigenvalue weighted by Gasteiger charge is 2.20. The largest absolute Gasteiger partial charge is 0.348 e. The van der Waals surface area contributed by atoms with Crippen LogP contribution in [0.4, 0.5) is 0 Å². The van der Waals surface area contributed by atoms with Gasteiger partial charge in [-0.15, -0.1) is 11.3 Å². The van der Waals surface area contributed by atoms with Gasteiger partial charge in [-0.1, -0.05) is 36.7 Å². The molecule has 1 aromatic heterocycles. The van der Waals surface area contributed by atoms with Crippen molar-refractivity contribution in [1.29, 1.82) is 0 Å². The van der Waals surface area contributed by atoms with Crippen LogP contribution < -0.4 is 10.6 Å². The van der Waals surface area contributed by atoms with E-state index in [1.165, 1.54) is 11.3 Å². The van der Waals surface area contributed by atoms with E-state index < -0.39 is 6.04 Å². The van der Waals surface area contributed by atoms with Crippen LogP contribution in [0.1, 0.15) is 41.5 Å². The van der Waals surface area contributed by atoms with E-state index in [1.807, 2.05) is 30.5 Å². The summed E-state index contributed by atoms with van der Waals surface area (Å²) in [6.07, 6.45) is 0.734. The fourth-order valence-electron chi connectivity index (χ4n) is 2.18. The molecular formula is C17H19ClN2O2S. The fourth-order valence-corrected chi connectivity index (χ4v) is 3.01. The first kappa shape index (κ1) is 17.5. The van der Waals surface area contributed by atoms with E-state index >= 15 is 0 Å². The average Bonchev–Trinajstić information content (AvgIpc) is 3.06. The molecule has 2 amide bonds. The van der Waals surface area contributed by atoms with Crippen LogP contribution in [0.5, 0.6) is 0 Å². The van der Waals surface area contributed by atoms with Crippen LogP contribution >= 0.6 is 22.9 Å². The summed E-state index contributed by atoms with van der Waals surface area (Å²) in [5, 5.41) is 8.12. The summed E-state index contributed by atoms with van der Waals surface area (Å²) in [4.78, 5) is 24.9. The number of thiophene rings is 1. The maximum Gasteiger partial charge on any atom is 0.261 e. The molecule has 23 heavy (non-hydrogen) atoms. The third kappa shape index (κ3) is 4.81. The Morgan fingerprint density at radius 2 is 2.00 bits per heavy atom. The summed E-state index contributed by atoms with van der Waals surface area (Å²) in [5.41, 5.74) is 0.949. The predicted molar refractivity (Wildman–Crippen MR) is 93.9 cm³/mol. The molecule has 0 spiro atoms. The van der Waals surface area contributed by atoms with E-state index in [0.717, 1.165) is 12.0 Å². The molecule has 2 aromatic rings. The minimum atomic E-state index is -0.613. The fraction of sp³-hybridized carbons (Fsp3) is 0.294. The first-order valence-electron chi connectivity index (χ1n) is 7.41. The molecule has 2 atom stereocenters. The van der Waals surface area contributed by atoms with Crippen LogP contribution in [0.25, 0.3) is 0 Å². The first-order chi connectivity index (χ1) is 11.0. The second-order valence-electron chi connectivity index (χ2n) is 5.20. The highest BCUT2D eigenvalue weighted by molar-refractivity contribution is 7.12. The molecule has 0 fully saturated rings. The van der Waals surface area contributed by atoms with Gasteiger partial charge in [0.05, 0.1) is 10.9 Å². The van der Waals surface area contributed by atoms with Gasteiger partial charge in [0.1, 0.15) is 6.04 Å². The van der Waals surface area contributed by atoms with Crippen LogP contribution in [0.15, 0.2) is 41.8 Å². The van der Waals surface area contributed by atoms with Gasteiger partial charge in [0.2, 0.25) is 5.91 Å². The lowest BCUT2D eigenvalue weighted by Crippen LogP contribution is -2.45. The highest BCUT2D eigenvalue weighted by Crippen LogP contribution is 2.20. The molecule has 0 radical (unpaired) electrons. The van der Waals surface area contributed by atoms with E-state index in [9.17, 15) is 9.59 Å². The van der Waals surface area contributed by atoms with Crippen LogP contribution in [-0.2, 0) is 4.79 Å². The molecule has 0 aliphatic carbocycles. The molecule has 122 valence electrons. The normalized spacial score (nSPS) is 13.2. The standard InChI is InChI=1S/C17H19ClN2O2S/c1-3-14(12-6-4-7-13(18)10-12)20-16(21)11(2)19-17(22)15-8-5-9-23-15/h4-11,14H,3H2,1-2H3,(H,19,22)(H,20,21). The summed E-state index contributed by atoms with van der Waals surface area (Å²) in [7, 11) is 0. The van der Waals surface area contributed by atoms with Crippen LogP contribution in [0.2, 0.25) is 5.02 Å². The Balaban J connectivity index is 1.97. The molecule has 0 bridgehead atoms. The van der Waals surface area contributed by atoms with Crippen molar-refractivity contribution >= 4 is 34.8 Å². The Labute approximate surface area is 144 Å². The van der Waals surface area contributed by atoms with Crippen molar-refractivity contribution in [3.63, 3.8) is 0 Å². The molecular weight excluding hydrogens is 332 g/mol. The van der Waals surface area contributed by atoms with Crippen molar-refractivity contribution in [2.75, 3.05) is 0 Å². The number of carbonyl (C=O) groups is 2. The van der Waals surface area contributed by atoms with Gasteiger partial charge in [-0.25, -0.2) is 0 Å². The van der Waals surface area contributed by atoms with Gasteiger partial charge in [0.15, 0.2) is 0 Å². The number of rotatable bonds is 6. The Hall–Kier alpha value is -1.85. The lowest BCUT2D eigenvalue weighted by molar-refractivity contribution is -0.123. The second-order valence-corrected chi connectivity index (χ2v) is 6.58. The Kier molecular flexibility index (Phi) is 6.19. The van der Waals surface area contributed by atoms with E-state index in [2.05, 4.69) is 10.6 Å². The van der Waals surface area contributed by atoms with Crippen LogP contribution in [0, 0.1) is 0 Å². The number of nitrogens with one attached hydrogen (secondary N) is 2. The molecule has 2 rings (SSSR count). The van der Waals surface area contributed by atoms with E-state index in [1.54, 1.807) is 25.1 Å². The van der Waals surface area contributed by atoms with Crippen molar-refractivity contribution in [2.24, 2.45) is 0 Å². The van der Waals surface area contributed by atoms with Gasteiger partial charge in [-0.3, -0.25) is 9.59 Å². The van der Waals surface area contributed by atoms with E-state index in [4.69, 9.17) is 11.6 Å². The molecule has 4 nitrogen and oxygen atoms in total. The van der Waals surface area contributed by atoms with Crippen LogP contribution in [-0.4, -0.2) is 17.9 Å². The van der Waals surface area contributed by atoms with Gasteiger partial charge in [0.25, 0.3) is 5.91 Å². The summed E-state index contributed by atoms with van der Waals surface area (Å²) in [5.74, 6) is -0.458. The second kappa shape index (κ2) is 8.13. The Bertz CT molecular complexity index is 673. The Morgan fingerprint density at radius 3 is 2.61 bits per heavy atom. The third-order valence-electron chi connectivity index (χ3n) is 3.46. The lowest BCUT2D eigenvalue weighted by atomic mass is 10.0. The van der Waals surface area contributed by atoms with Crippen molar-refractivity contribution in [3.8, 4) is 0 Å². The summed E-state index contributed by atoms with van der Waals surface area (Å²) < 4.78 is 0. The molecule has 1 aromatic carbocycles. The summed E-state index contributed by atoms with van der Waals surface area (Å²) in [6, 6.07) is 10.2. The van der Waals surface area contributed by atoms with Crippen molar-refractivity contribution in [1.82, 2.24) is 10.6 Å². The zero-order valence-corrected chi connectivity index (χ0v) is 14.6. The predicted octanol–water partition coefficient (Wildman–Crippen LogP) is 3.79. The zero-order chi connectivity index (χ0) is 16.8. The topological polar surface area (TPSA) is 58.2 Å². The maximum absolute atomic E-state index is 12.3. The molecule has 0 saturated carbocycles. The monoisotopic (exact) mass is 350 g/mol. The highest BCUT2D eigenvalue weighted by atomic mass is 35.5. The van der Waals surface area contributed by atoms with Gasteiger partial charge >= 0.3 is 0 Å². The number of hydrogen-bond donors (Lipinski definition) is 2. The molecule has 1 heterocycles. The smallest absolute Gasteiger partial charge is 0.261 e. The van der Waals surface area contributed by atoms with Crippen molar-refractivity contribution in [3.05, 3.63) is 57.2 Å². The number of halogens is 1. The third-order valence-corrected chi connectivity index (χ3v) is 4.57. The number of hydrogen-bond acceptors (Lipinski definition) is 3. The number of carbonyl (C=O) groups excluding carboxylic acids is 2. The minimum absolute atomic E-state index is 0.137. The molecule has 0 aliphatic heterocycles. The average molecular weight is 351 g/mol. The van der Waals surface area contributed by atoms with Crippen molar-refractivity contribution < 1.29 is 9.59 Å². The summed E-state index contributed by atoms with van der Waals surface area (Å²) in [6.45, 7) is 3.66. The van der Waals surface area contributed by atoms with E-state index in [0.29, 0.717) is 9.90 Å². The molecule has 0 saturated heterocycles. The van der Waals surface area contributed by atoms with Gasteiger partial charge in [-0.05, 0) is 42.5 Å². The quantitative estimate of drug-likeness (QED) is 0.832. The first-order valence-corrected chi connectivity index (χ1v) is 8.67. The number of benzene rings is 1. The van der Waals surface area contributed by atoms with E-state index in [-0.39, 0.29) is 17.9 Å². The van der Waals surface area contributed by atoms with Gasteiger partial charge in [-0.2, -0.15) is 0 Å².